The predicted molar refractivity (Wildman–Crippen MR) is 92.6 cm³/mol. The molecule has 2 rings (SSSR count). The van der Waals surface area contributed by atoms with E-state index in [4.69, 9.17) is 4.74 Å². The molecule has 0 aliphatic rings. The molecule has 0 saturated carbocycles. The van der Waals surface area contributed by atoms with Gasteiger partial charge in [-0.15, -0.1) is 0 Å². The summed E-state index contributed by atoms with van der Waals surface area (Å²) in [5, 5.41) is 2.56. The maximum atomic E-state index is 13.1. The lowest BCUT2D eigenvalue weighted by molar-refractivity contribution is -0.885. The van der Waals surface area contributed by atoms with Crippen LogP contribution in [0, 0.1) is 11.6 Å². The van der Waals surface area contributed by atoms with Crippen molar-refractivity contribution in [1.29, 1.82) is 0 Å². The molecule has 6 heteroatoms. The Labute approximate surface area is 145 Å². The summed E-state index contributed by atoms with van der Waals surface area (Å²) >= 11 is 0. The smallest absolute Gasteiger partial charge is 0.279 e. The average Bonchev–Trinajstić information content (AvgIpc) is 2.57. The first-order valence-electron chi connectivity index (χ1n) is 7.86. The molecule has 1 unspecified atom stereocenters. The number of anilines is 1. The Hall–Kier alpha value is -2.73. The van der Waals surface area contributed by atoms with Gasteiger partial charge in [-0.1, -0.05) is 12.7 Å². The maximum absolute atomic E-state index is 13.1. The van der Waals surface area contributed by atoms with Crippen molar-refractivity contribution in [2.75, 3.05) is 25.5 Å². The Morgan fingerprint density at radius 2 is 1.92 bits per heavy atom. The number of ether oxygens (including phenoxy) is 1. The van der Waals surface area contributed by atoms with Crippen molar-refractivity contribution in [2.24, 2.45) is 0 Å². The molecule has 0 bridgehead atoms. The molecule has 0 radical (unpaired) electrons. The van der Waals surface area contributed by atoms with Gasteiger partial charge in [0.1, 0.15) is 18.9 Å². The standard InChI is InChI=1S/C19H20F2N2O2/c1-3-10-25-16-7-4-14(5-8-16)12-23(2)13-19(24)22-15-6-9-17(20)18(21)11-15/h3-9,11H,1,10,12-13H2,2H3,(H,22,24)/p+1. The third kappa shape index (κ3) is 6.00. The van der Waals surface area contributed by atoms with Crippen LogP contribution in [0.3, 0.4) is 0 Å². The summed E-state index contributed by atoms with van der Waals surface area (Å²) < 4.78 is 31.4. The minimum absolute atomic E-state index is 0.202. The van der Waals surface area contributed by atoms with Crippen molar-refractivity contribution in [2.45, 2.75) is 6.54 Å². The van der Waals surface area contributed by atoms with Crippen molar-refractivity contribution >= 4 is 11.6 Å². The van der Waals surface area contributed by atoms with Crippen molar-refractivity contribution < 1.29 is 23.2 Å². The Kier molecular flexibility index (Phi) is 6.65. The summed E-state index contributed by atoms with van der Waals surface area (Å²) in [6, 6.07) is 10.9. The van der Waals surface area contributed by atoms with Gasteiger partial charge >= 0.3 is 0 Å². The molecule has 1 amide bonds. The Morgan fingerprint density at radius 1 is 1.20 bits per heavy atom. The van der Waals surface area contributed by atoms with Crippen LogP contribution in [-0.4, -0.2) is 26.1 Å². The topological polar surface area (TPSA) is 42.8 Å². The molecule has 0 spiro atoms. The molecule has 0 heterocycles. The number of halogens is 2. The normalized spacial score (nSPS) is 11.6. The van der Waals surface area contributed by atoms with Crippen molar-refractivity contribution in [3.8, 4) is 5.75 Å². The number of carbonyl (C=O) groups is 1. The van der Waals surface area contributed by atoms with E-state index in [1.807, 2.05) is 31.3 Å². The van der Waals surface area contributed by atoms with Crippen LogP contribution in [0.2, 0.25) is 0 Å². The molecule has 0 saturated heterocycles. The maximum Gasteiger partial charge on any atom is 0.279 e. The van der Waals surface area contributed by atoms with E-state index in [9.17, 15) is 13.6 Å². The third-order valence-electron chi connectivity index (χ3n) is 3.46. The van der Waals surface area contributed by atoms with Gasteiger partial charge in [0, 0.05) is 17.3 Å². The van der Waals surface area contributed by atoms with Gasteiger partial charge in [0.25, 0.3) is 5.91 Å². The van der Waals surface area contributed by atoms with Crippen molar-refractivity contribution in [1.82, 2.24) is 0 Å². The van der Waals surface area contributed by atoms with E-state index in [2.05, 4.69) is 11.9 Å². The van der Waals surface area contributed by atoms with Crippen LogP contribution >= 0.6 is 0 Å². The largest absolute Gasteiger partial charge is 0.490 e. The van der Waals surface area contributed by atoms with Gasteiger partial charge in [-0.2, -0.15) is 0 Å². The van der Waals surface area contributed by atoms with E-state index in [0.717, 1.165) is 28.3 Å². The van der Waals surface area contributed by atoms with Crippen LogP contribution in [-0.2, 0) is 11.3 Å². The Bertz CT molecular complexity index is 733. The number of benzene rings is 2. The summed E-state index contributed by atoms with van der Waals surface area (Å²) in [4.78, 5) is 13.0. The fraction of sp³-hybridized carbons (Fsp3) is 0.211. The van der Waals surface area contributed by atoms with Crippen LogP contribution in [0.5, 0.6) is 5.75 Å². The monoisotopic (exact) mass is 347 g/mol. The molecule has 25 heavy (non-hydrogen) atoms. The van der Waals surface area contributed by atoms with E-state index in [-0.39, 0.29) is 18.1 Å². The summed E-state index contributed by atoms with van der Waals surface area (Å²) in [6.45, 7) is 4.89. The van der Waals surface area contributed by atoms with Crippen LogP contribution in [0.4, 0.5) is 14.5 Å². The van der Waals surface area contributed by atoms with Crippen LogP contribution in [0.1, 0.15) is 5.56 Å². The zero-order valence-electron chi connectivity index (χ0n) is 14.0. The zero-order chi connectivity index (χ0) is 18.2. The second-order valence-electron chi connectivity index (χ2n) is 5.73. The Balaban J connectivity index is 1.84. The molecular weight excluding hydrogens is 326 g/mol. The van der Waals surface area contributed by atoms with E-state index in [0.29, 0.717) is 13.2 Å². The molecule has 4 nitrogen and oxygen atoms in total. The van der Waals surface area contributed by atoms with Crippen molar-refractivity contribution in [3.63, 3.8) is 0 Å². The number of nitrogens with one attached hydrogen (secondary N) is 2. The number of hydrogen-bond donors (Lipinski definition) is 2. The highest BCUT2D eigenvalue weighted by molar-refractivity contribution is 5.91. The van der Waals surface area contributed by atoms with Gasteiger partial charge in [0.05, 0.1) is 7.05 Å². The highest BCUT2D eigenvalue weighted by Gasteiger charge is 2.12. The molecule has 2 aromatic carbocycles. The van der Waals surface area contributed by atoms with E-state index < -0.39 is 11.6 Å². The Morgan fingerprint density at radius 3 is 2.56 bits per heavy atom. The fourth-order valence-electron chi connectivity index (χ4n) is 2.32. The van der Waals surface area contributed by atoms with Crippen LogP contribution in [0.15, 0.2) is 55.1 Å². The quantitative estimate of drug-likeness (QED) is 0.719. The van der Waals surface area contributed by atoms with Gasteiger partial charge < -0.3 is 15.0 Å². The molecule has 0 fully saturated rings. The zero-order valence-corrected chi connectivity index (χ0v) is 14.0. The number of rotatable bonds is 8. The molecule has 2 aromatic rings. The summed E-state index contributed by atoms with van der Waals surface area (Å²) in [7, 11) is 1.88. The van der Waals surface area contributed by atoms with Gasteiger partial charge in [0.15, 0.2) is 18.2 Å². The van der Waals surface area contributed by atoms with Gasteiger partial charge in [-0.05, 0) is 36.4 Å². The van der Waals surface area contributed by atoms with Crippen LogP contribution < -0.4 is 15.0 Å². The van der Waals surface area contributed by atoms with Gasteiger partial charge in [0.2, 0.25) is 0 Å². The first-order valence-corrected chi connectivity index (χ1v) is 7.86. The SMILES string of the molecule is C=CCOc1ccc(C[NH+](C)CC(=O)Nc2ccc(F)c(F)c2)cc1. The molecular formula is C19H21F2N2O2+. The lowest BCUT2D eigenvalue weighted by atomic mass is 10.2. The first kappa shape index (κ1) is 18.6. The van der Waals surface area contributed by atoms with Gasteiger partial charge in [-0.25, -0.2) is 8.78 Å². The predicted octanol–water partition coefficient (Wildman–Crippen LogP) is 2.18. The molecule has 2 N–H and O–H groups in total. The molecule has 132 valence electrons. The molecule has 0 aromatic heterocycles. The van der Waals surface area contributed by atoms with Gasteiger partial charge in [-0.3, -0.25) is 4.79 Å². The third-order valence-corrected chi connectivity index (χ3v) is 3.46. The number of quaternary nitrogens is 1. The fourth-order valence-corrected chi connectivity index (χ4v) is 2.32. The van der Waals surface area contributed by atoms with Crippen molar-refractivity contribution in [3.05, 3.63) is 72.3 Å². The van der Waals surface area contributed by atoms with E-state index in [1.165, 1.54) is 6.07 Å². The number of amides is 1. The number of hydrogen-bond acceptors (Lipinski definition) is 2. The summed E-state index contributed by atoms with van der Waals surface area (Å²) in [5.41, 5.74) is 1.30. The highest BCUT2D eigenvalue weighted by Crippen LogP contribution is 2.13. The number of likely N-dealkylation sites (N-methyl/N-ethyl adjacent to an activating group) is 1. The van der Waals surface area contributed by atoms with Crippen LogP contribution in [0.25, 0.3) is 0 Å². The van der Waals surface area contributed by atoms with E-state index in [1.54, 1.807) is 6.08 Å². The summed E-state index contributed by atoms with van der Waals surface area (Å²) in [5.74, 6) is -1.44. The minimum atomic E-state index is -0.989. The summed E-state index contributed by atoms with van der Waals surface area (Å²) in [6.07, 6.45) is 1.68. The lowest BCUT2D eigenvalue weighted by Gasteiger charge is -2.14. The number of carbonyl (C=O) groups excluding carboxylic acids is 1. The van der Waals surface area contributed by atoms with E-state index >= 15 is 0 Å². The second kappa shape index (κ2) is 8.94. The first-order chi connectivity index (χ1) is 12.0. The lowest BCUT2D eigenvalue weighted by Crippen LogP contribution is -3.08. The average molecular weight is 347 g/mol. The molecule has 1 atom stereocenters. The minimum Gasteiger partial charge on any atom is -0.490 e. The second-order valence-corrected chi connectivity index (χ2v) is 5.73. The molecule has 0 aliphatic carbocycles. The highest BCUT2D eigenvalue weighted by atomic mass is 19.2. The molecule has 0 aliphatic heterocycles.